The van der Waals surface area contributed by atoms with Crippen molar-refractivity contribution in [2.75, 3.05) is 5.32 Å². The molecule has 2 aromatic carbocycles. The van der Waals surface area contributed by atoms with Gasteiger partial charge in [0.1, 0.15) is 11.6 Å². The normalized spacial score (nSPS) is 10.3. The molecule has 19 heavy (non-hydrogen) atoms. The number of hydrogen-bond acceptors (Lipinski definition) is 1. The highest BCUT2D eigenvalue weighted by Crippen LogP contribution is 2.15. The molecular weight excluding hydrogens is 272 g/mol. The summed E-state index contributed by atoms with van der Waals surface area (Å²) in [6, 6.07) is 9.51. The van der Waals surface area contributed by atoms with Gasteiger partial charge in [-0.05, 0) is 35.9 Å². The Hall–Kier alpha value is -1.94. The van der Waals surface area contributed by atoms with Gasteiger partial charge in [0.25, 0.3) is 5.91 Å². The molecule has 2 nitrogen and oxygen atoms in total. The smallest absolute Gasteiger partial charge is 0.258 e. The van der Waals surface area contributed by atoms with Crippen LogP contribution < -0.4 is 5.32 Å². The fourth-order valence-electron chi connectivity index (χ4n) is 1.55. The van der Waals surface area contributed by atoms with Crippen molar-refractivity contribution in [1.29, 1.82) is 0 Å². The lowest BCUT2D eigenvalue weighted by Crippen LogP contribution is -2.14. The van der Waals surface area contributed by atoms with Gasteiger partial charge in [-0.15, -0.1) is 11.6 Å². The van der Waals surface area contributed by atoms with E-state index in [1.54, 1.807) is 24.3 Å². The Balaban J connectivity index is 2.18. The number of alkyl halides is 1. The molecule has 1 amide bonds. The molecule has 0 bridgehead atoms. The van der Waals surface area contributed by atoms with Crippen LogP contribution in [0.15, 0.2) is 42.5 Å². The molecule has 0 heterocycles. The minimum Gasteiger partial charge on any atom is -0.322 e. The summed E-state index contributed by atoms with van der Waals surface area (Å²) in [7, 11) is 0. The number of carbonyl (C=O) groups excluding carboxylic acids is 1. The molecule has 0 aliphatic heterocycles. The summed E-state index contributed by atoms with van der Waals surface area (Å²) >= 11 is 5.64. The van der Waals surface area contributed by atoms with Crippen LogP contribution in [-0.2, 0) is 5.88 Å². The summed E-state index contributed by atoms with van der Waals surface area (Å²) in [6.07, 6.45) is 0. The highest BCUT2D eigenvalue weighted by atomic mass is 35.5. The molecule has 2 aromatic rings. The first-order chi connectivity index (χ1) is 9.10. The van der Waals surface area contributed by atoms with Crippen molar-refractivity contribution < 1.29 is 13.6 Å². The molecule has 0 aliphatic rings. The minimum atomic E-state index is -0.767. The molecule has 0 aliphatic carbocycles. The van der Waals surface area contributed by atoms with Crippen molar-refractivity contribution in [3.05, 3.63) is 65.2 Å². The predicted molar refractivity (Wildman–Crippen MR) is 70.3 cm³/mol. The second-order valence-electron chi connectivity index (χ2n) is 3.91. The largest absolute Gasteiger partial charge is 0.322 e. The van der Waals surface area contributed by atoms with Crippen LogP contribution in [0.4, 0.5) is 14.5 Å². The fourth-order valence-corrected chi connectivity index (χ4v) is 1.73. The van der Waals surface area contributed by atoms with E-state index < -0.39 is 17.5 Å². The summed E-state index contributed by atoms with van der Waals surface area (Å²) in [4.78, 5) is 11.8. The molecular formula is C14H10ClF2NO. The van der Waals surface area contributed by atoms with Crippen LogP contribution in [0.3, 0.4) is 0 Å². The molecule has 0 radical (unpaired) electrons. The second kappa shape index (κ2) is 5.80. The lowest BCUT2D eigenvalue weighted by atomic mass is 10.1. The van der Waals surface area contributed by atoms with Crippen molar-refractivity contribution >= 4 is 23.2 Å². The Morgan fingerprint density at radius 2 is 1.79 bits per heavy atom. The van der Waals surface area contributed by atoms with E-state index in [0.29, 0.717) is 11.6 Å². The highest BCUT2D eigenvalue weighted by molar-refractivity contribution is 6.17. The van der Waals surface area contributed by atoms with Crippen LogP contribution in [0, 0.1) is 11.6 Å². The first kappa shape index (κ1) is 13.5. The number of rotatable bonds is 3. The van der Waals surface area contributed by atoms with Crippen LogP contribution in [0.1, 0.15) is 15.9 Å². The van der Waals surface area contributed by atoms with Gasteiger partial charge >= 0.3 is 0 Å². The number of nitrogens with one attached hydrogen (secondary N) is 1. The molecule has 0 saturated carbocycles. The lowest BCUT2D eigenvalue weighted by molar-refractivity contribution is 0.102. The number of anilines is 1. The summed E-state index contributed by atoms with van der Waals surface area (Å²) in [5.41, 5.74) is 1.06. The lowest BCUT2D eigenvalue weighted by Gasteiger charge is -2.06. The monoisotopic (exact) mass is 281 g/mol. The maximum absolute atomic E-state index is 13.4. The molecule has 1 N–H and O–H groups in total. The van der Waals surface area contributed by atoms with Gasteiger partial charge in [-0.2, -0.15) is 0 Å². The molecule has 0 saturated heterocycles. The average Bonchev–Trinajstić information content (AvgIpc) is 2.42. The SMILES string of the molecule is O=C(Nc1ccc(CCl)cc1)c1cc(F)ccc1F. The zero-order valence-electron chi connectivity index (χ0n) is 9.79. The van der Waals surface area contributed by atoms with Crippen LogP contribution in [0.2, 0.25) is 0 Å². The molecule has 2 rings (SSSR count). The number of amides is 1. The number of benzene rings is 2. The van der Waals surface area contributed by atoms with Gasteiger partial charge in [0.05, 0.1) is 5.56 Å². The average molecular weight is 282 g/mol. The maximum atomic E-state index is 13.4. The predicted octanol–water partition coefficient (Wildman–Crippen LogP) is 3.96. The van der Waals surface area contributed by atoms with Crippen LogP contribution >= 0.6 is 11.6 Å². The van der Waals surface area contributed by atoms with Crippen LogP contribution in [0.25, 0.3) is 0 Å². The first-order valence-electron chi connectivity index (χ1n) is 5.51. The Morgan fingerprint density at radius 1 is 1.11 bits per heavy atom. The molecule has 5 heteroatoms. The van der Waals surface area contributed by atoms with Crippen molar-refractivity contribution in [1.82, 2.24) is 0 Å². The van der Waals surface area contributed by atoms with Gasteiger partial charge in [-0.25, -0.2) is 8.78 Å². The Bertz CT molecular complexity index is 599. The van der Waals surface area contributed by atoms with Gasteiger partial charge in [0, 0.05) is 11.6 Å². The summed E-state index contributed by atoms with van der Waals surface area (Å²) < 4.78 is 26.4. The van der Waals surface area contributed by atoms with E-state index >= 15 is 0 Å². The van der Waals surface area contributed by atoms with E-state index in [0.717, 1.165) is 23.8 Å². The van der Waals surface area contributed by atoms with E-state index in [9.17, 15) is 13.6 Å². The van der Waals surface area contributed by atoms with Gasteiger partial charge in [0.15, 0.2) is 0 Å². The maximum Gasteiger partial charge on any atom is 0.258 e. The van der Waals surface area contributed by atoms with Gasteiger partial charge < -0.3 is 5.32 Å². The zero-order valence-corrected chi connectivity index (χ0v) is 10.5. The summed E-state index contributed by atoms with van der Waals surface area (Å²) in [5.74, 6) is -1.76. The molecule has 0 fully saturated rings. The summed E-state index contributed by atoms with van der Waals surface area (Å²) in [6.45, 7) is 0. The van der Waals surface area contributed by atoms with Crippen molar-refractivity contribution in [3.63, 3.8) is 0 Å². The second-order valence-corrected chi connectivity index (χ2v) is 4.18. The Labute approximate surface area is 114 Å². The number of hydrogen-bond donors (Lipinski definition) is 1. The minimum absolute atomic E-state index is 0.332. The third-order valence-electron chi connectivity index (χ3n) is 2.54. The first-order valence-corrected chi connectivity index (χ1v) is 6.05. The van der Waals surface area contributed by atoms with E-state index in [1.165, 1.54) is 0 Å². The third-order valence-corrected chi connectivity index (χ3v) is 2.85. The van der Waals surface area contributed by atoms with Gasteiger partial charge in [-0.1, -0.05) is 12.1 Å². The van der Waals surface area contributed by atoms with Gasteiger partial charge in [-0.3, -0.25) is 4.79 Å². The quantitative estimate of drug-likeness (QED) is 0.848. The van der Waals surface area contributed by atoms with E-state index in [4.69, 9.17) is 11.6 Å². The standard InChI is InChI=1S/C14H10ClF2NO/c15-8-9-1-4-11(5-2-9)18-14(19)12-7-10(16)3-6-13(12)17/h1-7H,8H2,(H,18,19). The third kappa shape index (κ3) is 3.29. The molecule has 98 valence electrons. The Morgan fingerprint density at radius 3 is 2.42 bits per heavy atom. The van der Waals surface area contributed by atoms with Crippen molar-refractivity contribution in [2.45, 2.75) is 5.88 Å². The topological polar surface area (TPSA) is 29.1 Å². The molecule has 0 unspecified atom stereocenters. The number of carbonyl (C=O) groups is 1. The summed E-state index contributed by atoms with van der Waals surface area (Å²) in [5, 5.41) is 2.49. The van der Waals surface area contributed by atoms with E-state index in [2.05, 4.69) is 5.32 Å². The van der Waals surface area contributed by atoms with E-state index in [1.807, 2.05) is 0 Å². The van der Waals surface area contributed by atoms with Crippen LogP contribution in [-0.4, -0.2) is 5.91 Å². The van der Waals surface area contributed by atoms with Crippen molar-refractivity contribution in [2.24, 2.45) is 0 Å². The fraction of sp³-hybridized carbons (Fsp3) is 0.0714. The zero-order chi connectivity index (χ0) is 13.8. The van der Waals surface area contributed by atoms with Crippen LogP contribution in [0.5, 0.6) is 0 Å². The highest BCUT2D eigenvalue weighted by Gasteiger charge is 2.12. The van der Waals surface area contributed by atoms with Gasteiger partial charge in [0.2, 0.25) is 0 Å². The molecule has 0 atom stereocenters. The molecule has 0 spiro atoms. The van der Waals surface area contributed by atoms with E-state index in [-0.39, 0.29) is 5.56 Å². The number of halogens is 3. The molecule has 0 aromatic heterocycles. The Kier molecular flexibility index (Phi) is 4.12. The van der Waals surface area contributed by atoms with Crippen molar-refractivity contribution in [3.8, 4) is 0 Å².